The van der Waals surface area contributed by atoms with Crippen LogP contribution in [0.4, 0.5) is 0 Å². The Bertz CT molecular complexity index is 863. The second-order valence-corrected chi connectivity index (χ2v) is 7.42. The first-order valence-corrected chi connectivity index (χ1v) is 9.96. The fourth-order valence-corrected chi connectivity index (χ4v) is 3.79. The molecule has 0 saturated carbocycles. The van der Waals surface area contributed by atoms with Crippen LogP contribution < -0.4 is 19.7 Å². The van der Waals surface area contributed by atoms with Crippen molar-refractivity contribution in [1.29, 1.82) is 0 Å². The lowest BCUT2D eigenvalue weighted by atomic mass is 9.99. The second kappa shape index (κ2) is 8.48. The number of nitrogens with one attached hydrogen (secondary N) is 2. The third-order valence-electron chi connectivity index (χ3n) is 5.38. The number of hydrogen-bond donors (Lipinski definition) is 2. The average Bonchev–Trinajstić information content (AvgIpc) is 2.74. The van der Waals surface area contributed by atoms with Crippen LogP contribution in [0.25, 0.3) is 5.57 Å². The Morgan fingerprint density at radius 3 is 2.64 bits per heavy atom. The topological polar surface area (TPSA) is 52.0 Å². The monoisotopic (exact) mass is 379 g/mol. The first-order chi connectivity index (χ1) is 13.7. The molecule has 2 N–H and O–H groups in total. The zero-order valence-corrected chi connectivity index (χ0v) is 16.2. The fraction of sp³-hybridized carbons (Fsp3) is 0.348. The summed E-state index contributed by atoms with van der Waals surface area (Å²) in [7, 11) is 0. The van der Waals surface area contributed by atoms with Crippen molar-refractivity contribution in [3.8, 4) is 11.5 Å². The number of hydrogen-bond acceptors (Lipinski definition) is 3. The molecule has 5 heteroatoms. The minimum absolute atomic E-state index is 0.0667. The van der Waals surface area contributed by atoms with Gasteiger partial charge in [0.25, 0.3) is 5.91 Å². The van der Waals surface area contributed by atoms with Gasteiger partial charge in [0, 0.05) is 6.42 Å². The Morgan fingerprint density at radius 1 is 1.11 bits per heavy atom. The van der Waals surface area contributed by atoms with Crippen LogP contribution in [0.1, 0.15) is 30.5 Å². The van der Waals surface area contributed by atoms with Crippen LogP contribution in [0.3, 0.4) is 0 Å². The van der Waals surface area contributed by atoms with E-state index < -0.39 is 0 Å². The van der Waals surface area contributed by atoms with Crippen LogP contribution in [0, 0.1) is 0 Å². The molecule has 0 fully saturated rings. The van der Waals surface area contributed by atoms with Crippen LogP contribution in [-0.2, 0) is 4.79 Å². The van der Waals surface area contributed by atoms with Gasteiger partial charge in [-0.15, -0.1) is 0 Å². The number of quaternary nitrogens is 1. The molecule has 2 aromatic carbocycles. The van der Waals surface area contributed by atoms with Crippen molar-refractivity contribution in [2.45, 2.75) is 19.4 Å². The highest BCUT2D eigenvalue weighted by Gasteiger charge is 2.21. The van der Waals surface area contributed by atoms with Crippen molar-refractivity contribution in [3.63, 3.8) is 0 Å². The normalized spacial score (nSPS) is 19.5. The summed E-state index contributed by atoms with van der Waals surface area (Å²) in [5.74, 6) is 1.60. The zero-order chi connectivity index (χ0) is 19.3. The highest BCUT2D eigenvalue weighted by Crippen LogP contribution is 2.32. The molecule has 1 amide bonds. The van der Waals surface area contributed by atoms with Gasteiger partial charge in [0.2, 0.25) is 0 Å². The predicted molar refractivity (Wildman–Crippen MR) is 109 cm³/mol. The van der Waals surface area contributed by atoms with E-state index in [9.17, 15) is 4.79 Å². The number of benzene rings is 2. The molecule has 2 atom stereocenters. The van der Waals surface area contributed by atoms with Crippen molar-refractivity contribution >= 4 is 11.5 Å². The minimum atomic E-state index is -0.0667. The Morgan fingerprint density at radius 2 is 1.89 bits per heavy atom. The summed E-state index contributed by atoms with van der Waals surface area (Å²) in [6.07, 6.45) is 3.27. The van der Waals surface area contributed by atoms with Gasteiger partial charge in [-0.25, -0.2) is 0 Å². The molecular weight excluding hydrogens is 352 g/mol. The number of ether oxygens (including phenoxy) is 2. The van der Waals surface area contributed by atoms with E-state index in [1.54, 1.807) is 0 Å². The maximum atomic E-state index is 12.5. The van der Waals surface area contributed by atoms with Gasteiger partial charge in [0.15, 0.2) is 18.0 Å². The maximum Gasteiger partial charge on any atom is 0.275 e. The van der Waals surface area contributed by atoms with E-state index >= 15 is 0 Å². The molecule has 0 saturated heterocycles. The largest absolute Gasteiger partial charge is 0.486 e. The summed E-state index contributed by atoms with van der Waals surface area (Å²) in [6.45, 7) is 5.50. The summed E-state index contributed by atoms with van der Waals surface area (Å²) in [5.41, 5.74) is 3.70. The van der Waals surface area contributed by atoms with Gasteiger partial charge in [-0.2, -0.15) is 0 Å². The van der Waals surface area contributed by atoms with Gasteiger partial charge in [-0.3, -0.25) is 4.79 Å². The number of fused-ring (bicyclic) bond motifs is 1. The van der Waals surface area contributed by atoms with Gasteiger partial charge in [0.05, 0.1) is 19.1 Å². The van der Waals surface area contributed by atoms with Crippen molar-refractivity contribution < 1.29 is 19.2 Å². The molecule has 0 aromatic heterocycles. The van der Waals surface area contributed by atoms with E-state index in [0.717, 1.165) is 36.6 Å². The SMILES string of the molecule is C[C@@H](NC(=O)C[NH+]1CC=C(c2ccccc2)CC1)c1ccc2c(c1)OCCO2. The fourth-order valence-electron chi connectivity index (χ4n) is 3.79. The molecule has 4 rings (SSSR count). The van der Waals surface area contributed by atoms with E-state index in [1.165, 1.54) is 16.0 Å². The third kappa shape index (κ3) is 4.37. The predicted octanol–water partition coefficient (Wildman–Crippen LogP) is 2.01. The first-order valence-electron chi connectivity index (χ1n) is 9.96. The Kier molecular flexibility index (Phi) is 5.63. The molecule has 2 aromatic rings. The summed E-state index contributed by atoms with van der Waals surface area (Å²) < 4.78 is 11.2. The summed E-state index contributed by atoms with van der Waals surface area (Å²) in [4.78, 5) is 13.8. The van der Waals surface area contributed by atoms with Crippen molar-refractivity contribution in [3.05, 3.63) is 65.7 Å². The number of rotatable bonds is 5. The molecule has 0 radical (unpaired) electrons. The Hall–Kier alpha value is -2.79. The zero-order valence-electron chi connectivity index (χ0n) is 16.2. The molecule has 146 valence electrons. The van der Waals surface area contributed by atoms with Crippen LogP contribution in [-0.4, -0.2) is 38.8 Å². The molecule has 5 nitrogen and oxygen atoms in total. The standard InChI is InChI=1S/C23H26N2O3/c1-17(20-7-8-21-22(15-20)28-14-13-27-21)24-23(26)16-25-11-9-19(10-12-25)18-5-3-2-4-6-18/h2-9,15,17H,10-14,16H2,1H3,(H,24,26)/p+1/t17-/m1/s1. The quantitative estimate of drug-likeness (QED) is 0.836. The van der Waals surface area contributed by atoms with Crippen molar-refractivity contribution in [2.24, 2.45) is 0 Å². The highest BCUT2D eigenvalue weighted by atomic mass is 16.6. The number of carbonyl (C=O) groups excluding carboxylic acids is 1. The van der Waals surface area contributed by atoms with Crippen LogP contribution in [0.5, 0.6) is 11.5 Å². The van der Waals surface area contributed by atoms with E-state index in [0.29, 0.717) is 19.8 Å². The second-order valence-electron chi connectivity index (χ2n) is 7.42. The molecule has 0 bridgehead atoms. The van der Waals surface area contributed by atoms with Crippen LogP contribution in [0.2, 0.25) is 0 Å². The van der Waals surface area contributed by atoms with Gasteiger partial charge in [0.1, 0.15) is 13.2 Å². The maximum absolute atomic E-state index is 12.5. The molecule has 0 aliphatic carbocycles. The molecule has 2 heterocycles. The van der Waals surface area contributed by atoms with Crippen LogP contribution in [0.15, 0.2) is 54.6 Å². The minimum Gasteiger partial charge on any atom is -0.486 e. The van der Waals surface area contributed by atoms with Crippen molar-refractivity contribution in [2.75, 3.05) is 32.8 Å². The summed E-state index contributed by atoms with van der Waals surface area (Å²) in [5, 5.41) is 3.12. The summed E-state index contributed by atoms with van der Waals surface area (Å²) >= 11 is 0. The summed E-state index contributed by atoms with van der Waals surface area (Å²) in [6, 6.07) is 16.3. The van der Waals surface area contributed by atoms with Crippen LogP contribution >= 0.6 is 0 Å². The lowest BCUT2D eigenvalue weighted by molar-refractivity contribution is -0.886. The number of carbonyl (C=O) groups is 1. The average molecular weight is 379 g/mol. The molecule has 2 aliphatic heterocycles. The van der Waals surface area contributed by atoms with Gasteiger partial charge < -0.3 is 19.7 Å². The van der Waals surface area contributed by atoms with E-state index in [2.05, 4.69) is 35.7 Å². The van der Waals surface area contributed by atoms with Gasteiger partial charge >= 0.3 is 0 Å². The first kappa shape index (κ1) is 18.6. The van der Waals surface area contributed by atoms with E-state index in [-0.39, 0.29) is 11.9 Å². The van der Waals surface area contributed by atoms with Crippen molar-refractivity contribution in [1.82, 2.24) is 5.32 Å². The smallest absolute Gasteiger partial charge is 0.275 e. The third-order valence-corrected chi connectivity index (χ3v) is 5.38. The molecule has 1 unspecified atom stereocenters. The van der Waals surface area contributed by atoms with E-state index in [1.807, 2.05) is 31.2 Å². The van der Waals surface area contributed by atoms with Gasteiger partial charge in [-0.1, -0.05) is 36.4 Å². The molecule has 0 spiro atoms. The van der Waals surface area contributed by atoms with Gasteiger partial charge in [-0.05, 0) is 41.8 Å². The number of amides is 1. The lowest BCUT2D eigenvalue weighted by Crippen LogP contribution is -3.13. The molecule has 2 aliphatic rings. The van der Waals surface area contributed by atoms with E-state index in [4.69, 9.17) is 9.47 Å². The molecule has 28 heavy (non-hydrogen) atoms. The highest BCUT2D eigenvalue weighted by molar-refractivity contribution is 5.77. The Balaban J connectivity index is 1.30. The Labute approximate surface area is 165 Å². The molecular formula is C23H27N2O3+. The lowest BCUT2D eigenvalue weighted by Gasteiger charge is -2.24.